The van der Waals surface area contributed by atoms with Crippen LogP contribution in [0, 0.1) is 0 Å². The van der Waals surface area contributed by atoms with Crippen LogP contribution in [0.3, 0.4) is 0 Å². The quantitative estimate of drug-likeness (QED) is 0.245. The molecule has 5 heterocycles. The molecule has 0 fully saturated rings. The maximum Gasteiger partial charge on any atom is 0.0737 e. The van der Waals surface area contributed by atoms with Gasteiger partial charge in [0.05, 0.1) is 22.8 Å². The Morgan fingerprint density at radius 1 is 0.390 bits per heavy atom. The van der Waals surface area contributed by atoms with Crippen LogP contribution in [0.2, 0.25) is 0 Å². The van der Waals surface area contributed by atoms with Crippen LogP contribution in [0.1, 0.15) is 45.0 Å². The van der Waals surface area contributed by atoms with Crippen LogP contribution in [-0.4, -0.2) is 19.9 Å². The number of hydrogen-bond donors (Lipinski definition) is 2. The molecule has 2 N–H and O–H groups in total. The molecule has 0 aliphatic carbocycles. The van der Waals surface area contributed by atoms with Gasteiger partial charge in [-0.1, -0.05) is 101 Å². The molecule has 204 valence electrons. The molecule has 2 aliphatic rings. The van der Waals surface area contributed by atoms with Crippen molar-refractivity contribution in [3.8, 4) is 0 Å². The van der Waals surface area contributed by atoms with Gasteiger partial charge in [-0.3, -0.25) is 0 Å². The predicted octanol–water partition coefficient (Wildman–Crippen LogP) is 9.45. The van der Waals surface area contributed by atoms with Crippen molar-refractivity contribution in [2.24, 2.45) is 0 Å². The smallest absolute Gasteiger partial charge is 0.0737 e. The van der Waals surface area contributed by atoms with Crippen molar-refractivity contribution in [1.29, 1.82) is 0 Å². The molecular formula is C36H30N4Pt. The Bertz CT molecular complexity index is 1660. The molecule has 5 heteroatoms. The van der Waals surface area contributed by atoms with E-state index in [-0.39, 0.29) is 21.1 Å². The number of nitrogens with one attached hydrogen (secondary N) is 2. The second kappa shape index (κ2) is 11.8. The normalized spacial score (nSPS) is 12.3. The molecule has 0 saturated carbocycles. The zero-order valence-corrected chi connectivity index (χ0v) is 25.1. The monoisotopic (exact) mass is 713 g/mol. The van der Waals surface area contributed by atoms with Gasteiger partial charge in [0.2, 0.25) is 0 Å². The van der Waals surface area contributed by atoms with E-state index in [1.54, 1.807) is 24.3 Å². The van der Waals surface area contributed by atoms with Gasteiger partial charge in [-0.25, -0.2) is 9.97 Å². The van der Waals surface area contributed by atoms with Gasteiger partial charge in [0, 0.05) is 87.7 Å². The van der Waals surface area contributed by atoms with Crippen LogP contribution >= 0.6 is 0 Å². The van der Waals surface area contributed by atoms with E-state index < -0.39 is 0 Å². The Kier molecular flexibility index (Phi) is 8.37. The van der Waals surface area contributed by atoms with E-state index in [1.807, 2.05) is 48.6 Å². The third kappa shape index (κ3) is 4.67. The Balaban J connectivity index is 0.00000387. The average Bonchev–Trinajstić information content (AvgIpc) is 3.67. The van der Waals surface area contributed by atoms with E-state index in [0.717, 1.165) is 89.4 Å². The molecule has 0 spiro atoms. The Labute approximate surface area is 255 Å². The Morgan fingerprint density at radius 3 is 0.780 bits per heavy atom. The first-order chi connectivity index (χ1) is 19.5. The van der Waals surface area contributed by atoms with E-state index >= 15 is 0 Å². The van der Waals surface area contributed by atoms with Crippen LogP contribution in [0.15, 0.2) is 101 Å². The van der Waals surface area contributed by atoms with Gasteiger partial charge in [0.1, 0.15) is 0 Å². The molecular weight excluding hydrogens is 684 g/mol. The summed E-state index contributed by atoms with van der Waals surface area (Å²) in [6.07, 6.45) is 14.5. The SMILES string of the molecule is C=CC1=C(C=C)c2cc3[nH]c(cc4nc(cc5[nH]c(cc1n2)c(C=C)c5C=C)C(C=C)=C4C=C)c(C=C)c3C=C.[Pt]. The summed E-state index contributed by atoms with van der Waals surface area (Å²) in [5.41, 5.74) is 13.6. The number of aromatic amines is 2. The van der Waals surface area contributed by atoms with Gasteiger partial charge in [-0.05, 0) is 24.3 Å². The van der Waals surface area contributed by atoms with Gasteiger partial charge >= 0.3 is 0 Å². The van der Waals surface area contributed by atoms with Crippen molar-refractivity contribution in [1.82, 2.24) is 19.9 Å². The van der Waals surface area contributed by atoms with Gasteiger partial charge in [-0.15, -0.1) is 0 Å². The molecule has 8 bridgehead atoms. The van der Waals surface area contributed by atoms with Crippen molar-refractivity contribution in [2.75, 3.05) is 0 Å². The maximum absolute atomic E-state index is 5.00. The van der Waals surface area contributed by atoms with Crippen molar-refractivity contribution in [3.63, 3.8) is 0 Å². The van der Waals surface area contributed by atoms with E-state index in [9.17, 15) is 0 Å². The number of allylic oxidation sites excluding steroid dienone is 8. The number of H-pyrrole nitrogens is 2. The number of hydrogen-bond acceptors (Lipinski definition) is 2. The third-order valence-corrected chi connectivity index (χ3v) is 7.20. The van der Waals surface area contributed by atoms with Crippen LogP contribution < -0.4 is 0 Å². The Morgan fingerprint density at radius 2 is 0.610 bits per heavy atom. The zero-order chi connectivity index (χ0) is 28.6. The summed E-state index contributed by atoms with van der Waals surface area (Å²) in [7, 11) is 0. The first-order valence-electron chi connectivity index (χ1n) is 12.8. The van der Waals surface area contributed by atoms with Gasteiger partial charge in [-0.2, -0.15) is 0 Å². The molecule has 0 amide bonds. The van der Waals surface area contributed by atoms with E-state index in [0.29, 0.717) is 0 Å². The molecule has 0 unspecified atom stereocenters. The number of nitrogens with zero attached hydrogens (tertiary/aromatic N) is 2. The molecule has 41 heavy (non-hydrogen) atoms. The standard InChI is InChI=1S/C36H30N4.Pt/c1-9-21-22(10-2)30-18-32-25(13-5)26(14-6)34(39-32)20-36-28(16-8)27(15-7)35(40-36)19-33-24(12-4)23(11-3)31(38-33)17-29(21)37-30;/h9-20,37,40H,1-8H2;. The molecule has 0 atom stereocenters. The van der Waals surface area contributed by atoms with Crippen LogP contribution in [0.4, 0.5) is 0 Å². The minimum atomic E-state index is 0. The van der Waals surface area contributed by atoms with E-state index in [2.05, 4.69) is 62.6 Å². The average molecular weight is 714 g/mol. The number of rotatable bonds is 8. The summed E-state index contributed by atoms with van der Waals surface area (Å²) in [6.45, 7) is 32.5. The molecule has 0 aromatic carbocycles. The minimum absolute atomic E-state index is 0. The van der Waals surface area contributed by atoms with E-state index in [4.69, 9.17) is 9.97 Å². The number of fused-ring (bicyclic) bond motifs is 8. The van der Waals surface area contributed by atoms with Crippen molar-refractivity contribution in [2.45, 2.75) is 0 Å². The molecule has 3 aromatic rings. The summed E-state index contributed by atoms with van der Waals surface area (Å²) < 4.78 is 0. The molecule has 0 saturated heterocycles. The second-order valence-electron chi connectivity index (χ2n) is 9.19. The number of aromatic nitrogens is 4. The van der Waals surface area contributed by atoms with Crippen LogP contribution in [0.5, 0.6) is 0 Å². The summed E-state index contributed by atoms with van der Waals surface area (Å²) in [5.74, 6) is 0. The molecule has 3 aromatic heterocycles. The van der Waals surface area contributed by atoms with Crippen molar-refractivity contribution < 1.29 is 21.1 Å². The Hall–Kier alpha value is -4.79. The first kappa shape index (κ1) is 29.2. The molecule has 4 nitrogen and oxygen atoms in total. The first-order valence-corrected chi connectivity index (χ1v) is 12.8. The van der Waals surface area contributed by atoms with Crippen LogP contribution in [-0.2, 0) is 21.1 Å². The third-order valence-electron chi connectivity index (χ3n) is 7.20. The topological polar surface area (TPSA) is 57.4 Å². The molecule has 5 rings (SSSR count). The van der Waals surface area contributed by atoms with Crippen molar-refractivity contribution >= 4 is 68.7 Å². The molecule has 2 aliphatic heterocycles. The van der Waals surface area contributed by atoms with Gasteiger partial charge < -0.3 is 9.97 Å². The van der Waals surface area contributed by atoms with E-state index in [1.165, 1.54) is 0 Å². The maximum atomic E-state index is 5.00. The fourth-order valence-electron chi connectivity index (χ4n) is 5.37. The minimum Gasteiger partial charge on any atom is -0.354 e. The largest absolute Gasteiger partial charge is 0.354 e. The van der Waals surface area contributed by atoms with Crippen molar-refractivity contribution in [3.05, 3.63) is 146 Å². The fraction of sp³-hybridized carbons (Fsp3) is 0. The predicted molar refractivity (Wildman–Crippen MR) is 176 cm³/mol. The summed E-state index contributed by atoms with van der Waals surface area (Å²) in [5, 5.41) is 0. The zero-order valence-electron chi connectivity index (χ0n) is 22.8. The van der Waals surface area contributed by atoms with Gasteiger partial charge in [0.15, 0.2) is 0 Å². The second-order valence-corrected chi connectivity index (χ2v) is 9.19. The molecule has 0 radical (unpaired) electrons. The summed E-state index contributed by atoms with van der Waals surface area (Å²) in [4.78, 5) is 17.1. The van der Waals surface area contributed by atoms with Gasteiger partial charge in [0.25, 0.3) is 0 Å². The summed E-state index contributed by atoms with van der Waals surface area (Å²) in [6, 6.07) is 8.00. The summed E-state index contributed by atoms with van der Waals surface area (Å²) >= 11 is 0. The van der Waals surface area contributed by atoms with Crippen LogP contribution in [0.25, 0.3) is 68.7 Å². The fourth-order valence-corrected chi connectivity index (χ4v) is 5.37.